The van der Waals surface area contributed by atoms with E-state index >= 15 is 8.78 Å². The normalized spacial score (nSPS) is 14.4. The van der Waals surface area contributed by atoms with Crippen molar-refractivity contribution in [2.75, 3.05) is 19.8 Å². The van der Waals surface area contributed by atoms with Crippen molar-refractivity contribution in [3.05, 3.63) is 71.6 Å². The van der Waals surface area contributed by atoms with Gasteiger partial charge in [0.2, 0.25) is 0 Å². The number of halogens is 5. The minimum absolute atomic E-state index is 0.00620. The molecule has 1 aliphatic rings. The van der Waals surface area contributed by atoms with Crippen molar-refractivity contribution < 1.29 is 45.7 Å². The summed E-state index contributed by atoms with van der Waals surface area (Å²) >= 11 is 0. The molecule has 5 rings (SSSR count). The average Bonchev–Trinajstić information content (AvgIpc) is 3.38. The van der Waals surface area contributed by atoms with Crippen LogP contribution in [-0.4, -0.2) is 49.6 Å². The maximum Gasteiger partial charge on any atom is 0.573 e. The van der Waals surface area contributed by atoms with E-state index in [9.17, 15) is 23.2 Å². The van der Waals surface area contributed by atoms with E-state index in [1.165, 1.54) is 24.4 Å². The van der Waals surface area contributed by atoms with Crippen LogP contribution < -0.4 is 9.47 Å². The molecule has 1 aliphatic heterocycles. The number of carbonyl (C=O) groups excluding carboxylic acids is 1. The largest absolute Gasteiger partial charge is 0.573 e. The lowest BCUT2D eigenvalue weighted by Gasteiger charge is -2.45. The molecule has 2 aromatic carbocycles. The van der Waals surface area contributed by atoms with Crippen LogP contribution >= 0.6 is 0 Å². The summed E-state index contributed by atoms with van der Waals surface area (Å²) in [6, 6.07) is 9.72. The van der Waals surface area contributed by atoms with Gasteiger partial charge in [-0.05, 0) is 59.8 Å². The molecule has 8 nitrogen and oxygen atoms in total. The van der Waals surface area contributed by atoms with Crippen molar-refractivity contribution in [2.45, 2.75) is 71.9 Å². The van der Waals surface area contributed by atoms with Gasteiger partial charge in [-0.25, -0.2) is 13.8 Å². The molecule has 0 N–H and O–H groups in total. The molecule has 0 radical (unpaired) electrons. The van der Waals surface area contributed by atoms with Gasteiger partial charge in [0.05, 0.1) is 24.2 Å². The van der Waals surface area contributed by atoms with Crippen LogP contribution in [0, 0.1) is 34.3 Å². The third-order valence-corrected chi connectivity index (χ3v) is 10.9. The zero-order valence-electron chi connectivity index (χ0n) is 29.1. The fraction of sp³-hybridized carbons (Fsp3) is 0.432. The monoisotopic (exact) mass is 729 g/mol. The fourth-order valence-corrected chi connectivity index (χ4v) is 6.64. The highest BCUT2D eigenvalue weighted by Crippen LogP contribution is 2.42. The molecular formula is C37H40F5N3O5Si. The number of pyridine rings is 1. The third kappa shape index (κ3) is 9.13. The molecule has 4 aromatic rings. The van der Waals surface area contributed by atoms with Crippen LogP contribution in [-0.2, 0) is 27.4 Å². The SMILES string of the molecule is CC(C)C1(CCC(=O)Cc2cc(F)c(Oc3ccnc4c3c(-c3ccc(OC(F)(F)F)c(C#N)c3)cn4COCC[Si](C)(C)C)c(F)c2)COC1. The number of hydrogen-bond donors (Lipinski definition) is 0. The number of ketones is 1. The number of Topliss-reactive ketones (excluding diaryl/α,β-unsaturated/α-hetero) is 1. The second kappa shape index (κ2) is 15.1. The molecule has 272 valence electrons. The number of fused-ring (bicyclic) bond motifs is 1. The highest BCUT2D eigenvalue weighted by molar-refractivity contribution is 6.76. The summed E-state index contributed by atoms with van der Waals surface area (Å²) in [5.74, 6) is -3.25. The minimum atomic E-state index is -5.01. The first-order valence-electron chi connectivity index (χ1n) is 16.6. The first-order valence-corrected chi connectivity index (χ1v) is 20.3. The quantitative estimate of drug-likeness (QED) is 0.0684. The maximum atomic E-state index is 15.5. The van der Waals surface area contributed by atoms with E-state index in [1.54, 1.807) is 16.8 Å². The summed E-state index contributed by atoms with van der Waals surface area (Å²) in [7, 11) is -1.41. The molecule has 0 spiro atoms. The Morgan fingerprint density at radius 1 is 1.10 bits per heavy atom. The number of nitriles is 1. The van der Waals surface area contributed by atoms with Crippen molar-refractivity contribution in [3.8, 4) is 34.4 Å². The molecule has 14 heteroatoms. The van der Waals surface area contributed by atoms with Crippen LogP contribution in [0.15, 0.2) is 48.8 Å². The third-order valence-electron chi connectivity index (χ3n) is 9.16. The average molecular weight is 730 g/mol. The Kier molecular flexibility index (Phi) is 11.2. The van der Waals surface area contributed by atoms with Gasteiger partial charge in [0.25, 0.3) is 0 Å². The number of nitrogens with zero attached hydrogens (tertiary/aromatic N) is 3. The number of rotatable bonds is 15. The molecule has 1 saturated heterocycles. The van der Waals surface area contributed by atoms with Gasteiger partial charge in [-0.2, -0.15) is 5.26 Å². The summed E-state index contributed by atoms with van der Waals surface area (Å²) in [6.07, 6.45) is -1.26. The van der Waals surface area contributed by atoms with Crippen molar-refractivity contribution in [3.63, 3.8) is 0 Å². The molecule has 0 atom stereocenters. The van der Waals surface area contributed by atoms with Gasteiger partial charge >= 0.3 is 6.36 Å². The van der Waals surface area contributed by atoms with Crippen LogP contribution in [0.4, 0.5) is 22.0 Å². The second-order valence-corrected chi connectivity index (χ2v) is 20.1. The predicted molar refractivity (Wildman–Crippen MR) is 183 cm³/mol. The number of aromatic nitrogens is 2. The first-order chi connectivity index (χ1) is 24.0. The van der Waals surface area contributed by atoms with Gasteiger partial charge in [-0.1, -0.05) is 39.6 Å². The smallest absolute Gasteiger partial charge is 0.450 e. The molecular weight excluding hydrogens is 689 g/mol. The Balaban J connectivity index is 1.46. The standard InChI is InChI=1S/C37H40F5N3O5Si/c1-23(2)36(20-48-21-36)10-8-27(46)14-24-15-29(38)34(30(39)16-24)49-32-9-11-44-35-33(32)28(19-45(35)22-47-12-13-51(3,4)5)25-6-7-31(26(17-25)18-43)50-37(40,41)42/h6-7,9,11,15-17,19,23H,8,10,12-14,20-22H2,1-5H3. The zero-order valence-corrected chi connectivity index (χ0v) is 30.1. The molecule has 0 aliphatic carbocycles. The lowest BCUT2D eigenvalue weighted by molar-refractivity contribution is -0.274. The minimum Gasteiger partial charge on any atom is -0.450 e. The van der Waals surface area contributed by atoms with Crippen LogP contribution in [0.3, 0.4) is 0 Å². The van der Waals surface area contributed by atoms with Crippen LogP contribution in [0.5, 0.6) is 17.2 Å². The van der Waals surface area contributed by atoms with Gasteiger partial charge in [0.1, 0.15) is 35.7 Å². The van der Waals surface area contributed by atoms with Crippen molar-refractivity contribution >= 4 is 24.9 Å². The summed E-state index contributed by atoms with van der Waals surface area (Å²) in [4.78, 5) is 17.3. The van der Waals surface area contributed by atoms with Gasteiger partial charge in [0, 0.05) is 50.9 Å². The maximum absolute atomic E-state index is 15.5. The Morgan fingerprint density at radius 2 is 1.80 bits per heavy atom. The number of ether oxygens (including phenoxy) is 4. The van der Waals surface area contributed by atoms with Gasteiger partial charge < -0.3 is 23.5 Å². The van der Waals surface area contributed by atoms with E-state index in [0.29, 0.717) is 48.9 Å². The Labute approximate surface area is 294 Å². The van der Waals surface area contributed by atoms with E-state index < -0.39 is 37.6 Å². The molecule has 51 heavy (non-hydrogen) atoms. The van der Waals surface area contributed by atoms with E-state index in [1.807, 2.05) is 0 Å². The summed E-state index contributed by atoms with van der Waals surface area (Å²) in [5.41, 5.74) is 0.684. The lowest BCUT2D eigenvalue weighted by Crippen LogP contribution is -2.46. The second-order valence-electron chi connectivity index (χ2n) is 14.5. The summed E-state index contributed by atoms with van der Waals surface area (Å²) < 4.78 is 92.9. The van der Waals surface area contributed by atoms with Gasteiger partial charge in [-0.15, -0.1) is 13.2 Å². The van der Waals surface area contributed by atoms with Crippen LogP contribution in [0.1, 0.15) is 37.8 Å². The van der Waals surface area contributed by atoms with Gasteiger partial charge in [0.15, 0.2) is 17.4 Å². The van der Waals surface area contributed by atoms with Crippen LogP contribution in [0.2, 0.25) is 25.7 Å². The van der Waals surface area contributed by atoms with Crippen molar-refractivity contribution in [1.29, 1.82) is 5.26 Å². The first kappa shape index (κ1) is 37.9. The molecule has 0 amide bonds. The van der Waals surface area contributed by atoms with Crippen LogP contribution in [0.25, 0.3) is 22.2 Å². The Morgan fingerprint density at radius 3 is 2.39 bits per heavy atom. The van der Waals surface area contributed by atoms with Crippen molar-refractivity contribution in [2.24, 2.45) is 11.3 Å². The van der Waals surface area contributed by atoms with Gasteiger partial charge in [-0.3, -0.25) is 4.79 Å². The summed E-state index contributed by atoms with van der Waals surface area (Å²) in [6.45, 7) is 12.5. The number of alkyl halides is 3. The molecule has 1 fully saturated rings. The zero-order chi connectivity index (χ0) is 37.1. The molecule has 3 heterocycles. The predicted octanol–water partition coefficient (Wildman–Crippen LogP) is 9.42. The van der Waals surface area contributed by atoms with E-state index in [0.717, 1.165) is 24.2 Å². The molecule has 0 unspecified atom stereocenters. The Bertz CT molecular complexity index is 1920. The lowest BCUT2D eigenvalue weighted by atomic mass is 9.71. The molecule has 2 aromatic heterocycles. The highest BCUT2D eigenvalue weighted by atomic mass is 28.3. The fourth-order valence-electron chi connectivity index (χ4n) is 5.89. The molecule has 0 bridgehead atoms. The Hall–Kier alpha value is -4.32. The van der Waals surface area contributed by atoms with E-state index in [4.69, 9.17) is 14.2 Å². The van der Waals surface area contributed by atoms with E-state index in [2.05, 4.69) is 43.2 Å². The number of benzene rings is 2. The summed E-state index contributed by atoms with van der Waals surface area (Å²) in [5, 5.41) is 9.91. The number of carbonyl (C=O) groups is 1. The highest BCUT2D eigenvalue weighted by Gasteiger charge is 2.41. The van der Waals surface area contributed by atoms with Crippen molar-refractivity contribution in [1.82, 2.24) is 9.55 Å². The number of hydrogen-bond acceptors (Lipinski definition) is 7. The topological polar surface area (TPSA) is 95.6 Å². The van der Waals surface area contributed by atoms with E-state index in [-0.39, 0.29) is 53.0 Å². The molecule has 0 saturated carbocycles.